The zero-order valence-electron chi connectivity index (χ0n) is 16.2. The summed E-state index contributed by atoms with van der Waals surface area (Å²) >= 11 is 0. The Labute approximate surface area is 152 Å². The second kappa shape index (κ2) is 7.89. The molecule has 1 aromatic heterocycles. The Kier molecular flexibility index (Phi) is 6.63. The Hall–Kier alpha value is -2.05. The van der Waals surface area contributed by atoms with Crippen molar-refractivity contribution in [2.24, 2.45) is 0 Å². The average Bonchev–Trinajstić information content (AvgIpc) is 2.42. The fourth-order valence-corrected chi connectivity index (χ4v) is 4.16. The fraction of sp³-hybridized carbons (Fsp3) is 0.444. The number of pyridine rings is 1. The van der Waals surface area contributed by atoms with Crippen LogP contribution in [0.1, 0.15) is 23.0 Å². The highest BCUT2D eigenvalue weighted by atomic mass is 28.3. The summed E-state index contributed by atoms with van der Waals surface area (Å²) in [6.45, 7) is 15.3. The van der Waals surface area contributed by atoms with Crippen LogP contribution >= 0.6 is 0 Å². The van der Waals surface area contributed by atoms with Gasteiger partial charge in [0.1, 0.15) is 8.07 Å². The molecule has 0 aliphatic carbocycles. The van der Waals surface area contributed by atoms with Crippen molar-refractivity contribution in [3.8, 4) is 17.3 Å². The van der Waals surface area contributed by atoms with Gasteiger partial charge < -0.3 is 15.6 Å². The van der Waals surface area contributed by atoms with E-state index in [1.165, 1.54) is 6.07 Å². The molecule has 0 saturated carbocycles. The molecule has 0 fully saturated rings. The fourth-order valence-electron chi connectivity index (χ4n) is 2.15. The van der Waals surface area contributed by atoms with Crippen LogP contribution in [0.15, 0.2) is 12.1 Å². The lowest BCUT2D eigenvalue weighted by atomic mass is 10.1. The number of hydrogen-bond donors (Lipinski definition) is 2. The van der Waals surface area contributed by atoms with E-state index in [0.29, 0.717) is 17.9 Å². The summed E-state index contributed by atoms with van der Waals surface area (Å²) in [5.41, 5.74) is 10.5. The maximum Gasteiger partial charge on any atom is 0.354 e. The molecule has 0 bridgehead atoms. The highest BCUT2D eigenvalue weighted by molar-refractivity contribution is 6.94. The van der Waals surface area contributed by atoms with Crippen molar-refractivity contribution < 1.29 is 14.6 Å². The van der Waals surface area contributed by atoms with Gasteiger partial charge in [0.05, 0.1) is 20.2 Å². The van der Waals surface area contributed by atoms with E-state index in [1.807, 2.05) is 13.0 Å². The lowest BCUT2D eigenvalue weighted by Crippen LogP contribution is -2.25. The van der Waals surface area contributed by atoms with Crippen LogP contribution in [0.5, 0.6) is 5.88 Å². The number of nitrogen functional groups attached to an aromatic ring is 1. The number of carboxylic acid groups (broad SMARTS) is 1. The van der Waals surface area contributed by atoms with E-state index < -0.39 is 22.1 Å². The summed E-state index contributed by atoms with van der Waals surface area (Å²) in [6, 6.07) is 1.39. The molecular formula is C18H28N2O3Si2. The van der Waals surface area contributed by atoms with E-state index in [2.05, 4.69) is 55.7 Å². The molecule has 0 saturated heterocycles. The van der Waals surface area contributed by atoms with Crippen LogP contribution in [0.3, 0.4) is 0 Å². The van der Waals surface area contributed by atoms with Crippen LogP contribution in [-0.4, -0.2) is 38.8 Å². The molecule has 0 amide bonds. The average molecular weight is 377 g/mol. The zero-order chi connectivity index (χ0) is 19.4. The summed E-state index contributed by atoms with van der Waals surface area (Å²) in [6.07, 6.45) is 1.92. The van der Waals surface area contributed by atoms with Crippen molar-refractivity contribution >= 4 is 33.0 Å². The molecule has 5 nitrogen and oxygen atoms in total. The van der Waals surface area contributed by atoms with Gasteiger partial charge in [-0.25, -0.2) is 9.78 Å². The van der Waals surface area contributed by atoms with Gasteiger partial charge in [0.15, 0.2) is 5.69 Å². The zero-order valence-corrected chi connectivity index (χ0v) is 18.2. The largest absolute Gasteiger partial charge is 0.477 e. The molecule has 3 N–H and O–H groups in total. The van der Waals surface area contributed by atoms with E-state index in [0.717, 1.165) is 5.20 Å². The van der Waals surface area contributed by atoms with Gasteiger partial charge in [0.2, 0.25) is 5.88 Å². The van der Waals surface area contributed by atoms with E-state index in [9.17, 15) is 9.90 Å². The quantitative estimate of drug-likeness (QED) is 0.601. The number of nitrogens with zero attached hydrogens (tertiary/aromatic N) is 1. The predicted molar refractivity (Wildman–Crippen MR) is 109 cm³/mol. The highest BCUT2D eigenvalue weighted by Gasteiger charge is 2.27. The number of allylic oxidation sites excluding steroid dienone is 1. The summed E-state index contributed by atoms with van der Waals surface area (Å²) in [7, 11) is -3.33. The Morgan fingerprint density at radius 1 is 1.32 bits per heavy atom. The molecule has 0 atom stereocenters. The maximum absolute atomic E-state index is 11.3. The third-order valence-electron chi connectivity index (χ3n) is 3.26. The lowest BCUT2D eigenvalue weighted by Gasteiger charge is -2.24. The number of nitrogens with two attached hydrogens (primary N) is 1. The first-order valence-electron chi connectivity index (χ1n) is 8.27. The van der Waals surface area contributed by atoms with Crippen LogP contribution in [-0.2, 0) is 0 Å². The predicted octanol–water partition coefficient (Wildman–Crippen LogP) is 3.90. The molecule has 1 rings (SSSR count). The monoisotopic (exact) mass is 376 g/mol. The number of ether oxygens (including phenoxy) is 1. The van der Waals surface area contributed by atoms with Crippen LogP contribution in [0.4, 0.5) is 5.69 Å². The Balaban J connectivity index is 3.66. The topological polar surface area (TPSA) is 85.4 Å². The van der Waals surface area contributed by atoms with Crippen molar-refractivity contribution in [1.82, 2.24) is 4.98 Å². The van der Waals surface area contributed by atoms with Crippen LogP contribution in [0.25, 0.3) is 5.20 Å². The second-order valence-electron chi connectivity index (χ2n) is 7.84. The van der Waals surface area contributed by atoms with E-state index in [1.54, 1.807) is 0 Å². The summed E-state index contributed by atoms with van der Waals surface area (Å²) in [5, 5.41) is 10.2. The van der Waals surface area contributed by atoms with Gasteiger partial charge in [0.25, 0.3) is 0 Å². The molecule has 0 aliphatic rings. The molecule has 136 valence electrons. The van der Waals surface area contributed by atoms with Gasteiger partial charge in [0, 0.05) is 5.69 Å². The van der Waals surface area contributed by atoms with Crippen molar-refractivity contribution in [2.45, 2.75) is 46.2 Å². The number of rotatable bonds is 5. The molecule has 0 unspecified atom stereocenters. The van der Waals surface area contributed by atoms with E-state index in [-0.39, 0.29) is 11.6 Å². The number of anilines is 1. The minimum absolute atomic E-state index is 0.118. The normalized spacial score (nSPS) is 12.4. The first kappa shape index (κ1) is 21.0. The van der Waals surface area contributed by atoms with Crippen LogP contribution in [0.2, 0.25) is 39.3 Å². The van der Waals surface area contributed by atoms with Gasteiger partial charge in [-0.2, -0.15) is 0 Å². The number of aromatic carboxylic acids is 1. The molecule has 0 aliphatic heterocycles. The SMILES string of the molecule is CCOc1nc(C(=O)O)cc(N)c1C(=CC#C[Si](C)(C)C)[Si](C)(C)C. The Morgan fingerprint density at radius 3 is 2.36 bits per heavy atom. The van der Waals surface area contributed by atoms with Gasteiger partial charge in [-0.05, 0) is 24.3 Å². The molecular weight excluding hydrogens is 348 g/mol. The summed E-state index contributed by atoms with van der Waals surface area (Å²) in [4.78, 5) is 15.4. The molecule has 0 radical (unpaired) electrons. The molecule has 1 heterocycles. The van der Waals surface area contributed by atoms with E-state index in [4.69, 9.17) is 10.5 Å². The smallest absolute Gasteiger partial charge is 0.354 e. The van der Waals surface area contributed by atoms with Crippen molar-refractivity contribution in [2.75, 3.05) is 12.3 Å². The molecule has 0 aromatic carbocycles. The number of carbonyl (C=O) groups is 1. The third kappa shape index (κ3) is 6.07. The standard InChI is InChI=1S/C18H28N2O3Si2/c1-8-23-17-16(13(19)12-14(20-17)18(21)22)15(25(5,6)7)10-9-11-24(2,3)4/h10,12H,8H2,1-7H3,(H2,19,20)(H,21,22). The summed E-state index contributed by atoms with van der Waals surface area (Å²) in [5.74, 6) is 2.33. The number of aromatic nitrogens is 1. The number of hydrogen-bond acceptors (Lipinski definition) is 4. The third-order valence-corrected chi connectivity index (χ3v) is 6.16. The highest BCUT2D eigenvalue weighted by Crippen LogP contribution is 2.36. The molecule has 0 spiro atoms. The van der Waals surface area contributed by atoms with Gasteiger partial charge >= 0.3 is 5.97 Å². The summed E-state index contributed by atoms with van der Waals surface area (Å²) < 4.78 is 5.62. The van der Waals surface area contributed by atoms with Gasteiger partial charge in [-0.1, -0.05) is 45.2 Å². The van der Waals surface area contributed by atoms with Crippen LogP contribution < -0.4 is 10.5 Å². The Morgan fingerprint density at radius 2 is 1.92 bits per heavy atom. The minimum Gasteiger partial charge on any atom is -0.477 e. The first-order valence-corrected chi connectivity index (χ1v) is 15.3. The van der Waals surface area contributed by atoms with Crippen molar-refractivity contribution in [1.29, 1.82) is 0 Å². The van der Waals surface area contributed by atoms with Crippen molar-refractivity contribution in [3.05, 3.63) is 23.4 Å². The van der Waals surface area contributed by atoms with Crippen molar-refractivity contribution in [3.63, 3.8) is 0 Å². The molecule has 25 heavy (non-hydrogen) atoms. The molecule has 7 heteroatoms. The Bertz CT molecular complexity index is 749. The molecule has 1 aromatic rings. The maximum atomic E-state index is 11.3. The van der Waals surface area contributed by atoms with Gasteiger partial charge in [-0.3, -0.25) is 0 Å². The van der Waals surface area contributed by atoms with E-state index >= 15 is 0 Å². The van der Waals surface area contributed by atoms with Gasteiger partial charge in [-0.15, -0.1) is 5.54 Å². The lowest BCUT2D eigenvalue weighted by molar-refractivity contribution is 0.0689. The first-order chi connectivity index (χ1) is 11.4. The second-order valence-corrected chi connectivity index (χ2v) is 17.6. The van der Waals surface area contributed by atoms with Crippen LogP contribution in [0, 0.1) is 11.5 Å². The minimum atomic E-state index is -1.83. The number of carboxylic acids is 1.